The Morgan fingerprint density at radius 3 is 2.31 bits per heavy atom. The highest BCUT2D eigenvalue weighted by Crippen LogP contribution is 2.54. The number of nitrogens with two attached hydrogens (primary N) is 1. The van der Waals surface area contributed by atoms with Crippen LogP contribution in [0.15, 0.2) is 35.1 Å². The highest BCUT2D eigenvalue weighted by Gasteiger charge is 2.68. The van der Waals surface area contributed by atoms with Crippen molar-refractivity contribution in [2.45, 2.75) is 24.5 Å². The normalized spacial score (nSPS) is 32.1. The molecule has 0 bridgehead atoms. The molecule has 6 N–H and O–H groups in total. The Kier molecular flexibility index (Phi) is 4.58. The first-order valence-corrected chi connectivity index (χ1v) is 9.87. The number of hydrogen-bond donors (Lipinski definition) is 5. The summed E-state index contributed by atoms with van der Waals surface area (Å²) in [4.78, 5) is 53.5. The molecular weight excluding hydrogens is 420 g/mol. The SMILES string of the molecule is C[C@H]1c2cccc(O)c2C(O)=C2C(=O)[C@]3(O)C(O)=C(C(N)=O)C(=O)[C@@H](N(C)C)[C@@H]3C(=O)[C@@H]21. The lowest BCUT2D eigenvalue weighted by atomic mass is 9.55. The van der Waals surface area contributed by atoms with Crippen molar-refractivity contribution in [2.75, 3.05) is 14.1 Å². The fraction of sp³-hybridized carbons (Fsp3) is 0.364. The second kappa shape index (κ2) is 6.75. The van der Waals surface area contributed by atoms with E-state index in [1.807, 2.05) is 0 Å². The molecule has 1 saturated carbocycles. The van der Waals surface area contributed by atoms with Crippen molar-refractivity contribution in [3.05, 3.63) is 46.2 Å². The molecule has 168 valence electrons. The molecule has 1 aromatic carbocycles. The number of aromatic hydroxyl groups is 1. The maximum absolute atomic E-state index is 13.7. The third kappa shape index (κ3) is 2.41. The summed E-state index contributed by atoms with van der Waals surface area (Å²) < 4.78 is 0. The van der Waals surface area contributed by atoms with E-state index >= 15 is 0 Å². The summed E-state index contributed by atoms with van der Waals surface area (Å²) in [6, 6.07) is 2.94. The number of hydrogen-bond acceptors (Lipinski definition) is 9. The number of Topliss-reactive ketones (excluding diaryl/α,β-unsaturated/α-hetero) is 3. The van der Waals surface area contributed by atoms with E-state index in [9.17, 15) is 39.6 Å². The number of carbonyl (C=O) groups excluding carboxylic acids is 4. The molecule has 10 nitrogen and oxygen atoms in total. The van der Waals surface area contributed by atoms with Crippen molar-refractivity contribution in [1.29, 1.82) is 0 Å². The molecule has 1 amide bonds. The van der Waals surface area contributed by atoms with Crippen molar-refractivity contribution < 1.29 is 39.6 Å². The quantitative estimate of drug-likeness (QED) is 0.385. The maximum Gasteiger partial charge on any atom is 0.255 e. The van der Waals surface area contributed by atoms with Gasteiger partial charge in [0.05, 0.1) is 29.0 Å². The van der Waals surface area contributed by atoms with Gasteiger partial charge >= 0.3 is 0 Å². The van der Waals surface area contributed by atoms with Crippen LogP contribution in [-0.4, -0.2) is 74.3 Å². The van der Waals surface area contributed by atoms with Gasteiger partial charge in [-0.1, -0.05) is 19.1 Å². The van der Waals surface area contributed by atoms with Crippen LogP contribution in [0.4, 0.5) is 0 Å². The van der Waals surface area contributed by atoms with Crippen LogP contribution in [0.5, 0.6) is 5.75 Å². The monoisotopic (exact) mass is 442 g/mol. The lowest BCUT2D eigenvalue weighted by Crippen LogP contribution is -2.69. The lowest BCUT2D eigenvalue weighted by molar-refractivity contribution is -0.163. The van der Waals surface area contributed by atoms with Crippen LogP contribution in [0.25, 0.3) is 5.76 Å². The number of phenolic OH excluding ortho intramolecular Hbond substituents is 1. The van der Waals surface area contributed by atoms with Crippen LogP contribution in [0.3, 0.4) is 0 Å². The minimum absolute atomic E-state index is 0.0657. The van der Waals surface area contributed by atoms with E-state index in [0.717, 1.165) is 0 Å². The minimum Gasteiger partial charge on any atom is -0.508 e. The average molecular weight is 442 g/mol. The van der Waals surface area contributed by atoms with Gasteiger partial charge in [-0.2, -0.15) is 0 Å². The topological polar surface area (TPSA) is 178 Å². The van der Waals surface area contributed by atoms with Gasteiger partial charge in [0.2, 0.25) is 5.78 Å². The molecule has 0 radical (unpaired) electrons. The summed E-state index contributed by atoms with van der Waals surface area (Å²) in [6.07, 6.45) is 0. The number of benzene rings is 1. The Morgan fingerprint density at radius 2 is 1.75 bits per heavy atom. The van der Waals surface area contributed by atoms with Gasteiger partial charge in [0.1, 0.15) is 28.6 Å². The summed E-state index contributed by atoms with van der Waals surface area (Å²) in [5.41, 5.74) is 1.10. The number of phenols is 1. The number of rotatable bonds is 2. The Hall–Kier alpha value is -3.50. The molecule has 3 aliphatic carbocycles. The molecule has 0 unspecified atom stereocenters. The molecule has 10 heteroatoms. The third-order valence-electron chi connectivity index (χ3n) is 6.75. The second-order valence-corrected chi connectivity index (χ2v) is 8.61. The smallest absolute Gasteiger partial charge is 0.255 e. The molecule has 3 aliphatic rings. The summed E-state index contributed by atoms with van der Waals surface area (Å²) in [5, 5.41) is 43.3. The van der Waals surface area contributed by atoms with Crippen molar-refractivity contribution in [2.24, 2.45) is 17.6 Å². The zero-order valence-electron chi connectivity index (χ0n) is 17.5. The first-order valence-electron chi connectivity index (χ1n) is 9.87. The van der Waals surface area contributed by atoms with E-state index in [1.54, 1.807) is 13.0 Å². The van der Waals surface area contributed by atoms with Crippen molar-refractivity contribution in [3.63, 3.8) is 0 Å². The van der Waals surface area contributed by atoms with Gasteiger partial charge in [0.25, 0.3) is 5.91 Å². The Labute approximate surface area is 182 Å². The largest absolute Gasteiger partial charge is 0.508 e. The van der Waals surface area contributed by atoms with Gasteiger partial charge < -0.3 is 26.2 Å². The fourth-order valence-electron chi connectivity index (χ4n) is 5.31. The van der Waals surface area contributed by atoms with Gasteiger partial charge in [0, 0.05) is 0 Å². The van der Waals surface area contributed by atoms with Crippen LogP contribution >= 0.6 is 0 Å². The van der Waals surface area contributed by atoms with E-state index in [4.69, 9.17) is 5.73 Å². The first kappa shape index (κ1) is 21.7. The number of carbonyl (C=O) groups is 4. The number of amides is 1. The van der Waals surface area contributed by atoms with Crippen molar-refractivity contribution in [3.8, 4) is 5.75 Å². The van der Waals surface area contributed by atoms with Gasteiger partial charge in [-0.25, -0.2) is 0 Å². The van der Waals surface area contributed by atoms with Crippen LogP contribution < -0.4 is 5.73 Å². The summed E-state index contributed by atoms with van der Waals surface area (Å²) in [5.74, 6) is -10.4. The van der Waals surface area contributed by atoms with Gasteiger partial charge in [0.15, 0.2) is 11.4 Å². The molecule has 0 aliphatic heterocycles. The maximum atomic E-state index is 13.7. The number of likely N-dealkylation sites (N-methyl/N-ethyl adjacent to an activating group) is 1. The molecule has 5 atom stereocenters. The van der Waals surface area contributed by atoms with E-state index in [1.165, 1.54) is 31.1 Å². The number of nitrogens with zero attached hydrogens (tertiary/aromatic N) is 1. The van der Waals surface area contributed by atoms with Crippen molar-refractivity contribution >= 4 is 29.0 Å². The van der Waals surface area contributed by atoms with E-state index in [2.05, 4.69) is 0 Å². The number of aliphatic hydroxyl groups is 3. The number of ketones is 3. The fourth-order valence-corrected chi connectivity index (χ4v) is 5.31. The highest BCUT2D eigenvalue weighted by molar-refractivity contribution is 6.28. The molecule has 0 saturated heterocycles. The number of fused-ring (bicyclic) bond motifs is 3. The third-order valence-corrected chi connectivity index (χ3v) is 6.75. The zero-order valence-corrected chi connectivity index (χ0v) is 17.5. The summed E-state index contributed by atoms with van der Waals surface area (Å²) >= 11 is 0. The molecule has 1 fully saturated rings. The Bertz CT molecular complexity index is 1180. The van der Waals surface area contributed by atoms with E-state index in [0.29, 0.717) is 5.56 Å². The van der Waals surface area contributed by atoms with Crippen LogP contribution in [0.1, 0.15) is 24.0 Å². The first-order chi connectivity index (χ1) is 14.9. The van der Waals surface area contributed by atoms with E-state index in [-0.39, 0.29) is 11.3 Å². The van der Waals surface area contributed by atoms with Crippen LogP contribution in [0, 0.1) is 11.8 Å². The van der Waals surface area contributed by atoms with Crippen LogP contribution in [0.2, 0.25) is 0 Å². The molecule has 32 heavy (non-hydrogen) atoms. The predicted octanol–water partition coefficient (Wildman–Crippen LogP) is -0.296. The number of primary amides is 1. The van der Waals surface area contributed by atoms with E-state index < -0.39 is 75.3 Å². The van der Waals surface area contributed by atoms with Gasteiger partial charge in [-0.15, -0.1) is 0 Å². The van der Waals surface area contributed by atoms with Gasteiger partial charge in [-0.05, 0) is 31.6 Å². The predicted molar refractivity (Wildman–Crippen MR) is 109 cm³/mol. The van der Waals surface area contributed by atoms with Crippen molar-refractivity contribution in [1.82, 2.24) is 4.90 Å². The Morgan fingerprint density at radius 1 is 1.12 bits per heavy atom. The molecule has 4 rings (SSSR count). The molecule has 0 aromatic heterocycles. The molecule has 1 aromatic rings. The molecule has 0 heterocycles. The summed E-state index contributed by atoms with van der Waals surface area (Å²) in [7, 11) is 2.84. The molecule has 0 spiro atoms. The second-order valence-electron chi connectivity index (χ2n) is 8.61. The van der Waals surface area contributed by atoms with Gasteiger partial charge in [-0.3, -0.25) is 24.1 Å². The standard InChI is InChI=1S/C22H22N2O8/c1-7-8-5-4-6-9(25)11(8)16(26)12-10(7)17(27)14-15(24(2)3)18(28)13(21(23)31)20(30)22(14,32)19(12)29/h4-7,10,14-15,25-26,30,32H,1-3H3,(H2,23,31)/t7-,10+,14+,15-,22-/m0/s1. The average Bonchev–Trinajstić information content (AvgIpc) is 2.70. The number of aliphatic hydroxyl groups excluding tert-OH is 2. The minimum atomic E-state index is -2.99. The van der Waals surface area contributed by atoms with Crippen LogP contribution in [-0.2, 0) is 19.2 Å². The zero-order chi connectivity index (χ0) is 23.9. The highest BCUT2D eigenvalue weighted by atomic mass is 16.3. The summed E-state index contributed by atoms with van der Waals surface area (Å²) in [6.45, 7) is 1.62. The lowest BCUT2D eigenvalue weighted by Gasteiger charge is -2.50. The Balaban J connectivity index is 2.08. The molecular formula is C22H22N2O8.